The van der Waals surface area contributed by atoms with Crippen LogP contribution >= 0.6 is 0 Å². The van der Waals surface area contributed by atoms with E-state index in [4.69, 9.17) is 0 Å². The van der Waals surface area contributed by atoms with E-state index in [0.29, 0.717) is 13.0 Å². The normalized spacial score (nSPS) is 19.1. The van der Waals surface area contributed by atoms with Crippen molar-refractivity contribution in [2.75, 3.05) is 6.54 Å². The van der Waals surface area contributed by atoms with Gasteiger partial charge in [-0.05, 0) is 24.6 Å². The Hall–Kier alpha value is -2.05. The first-order chi connectivity index (χ1) is 8.88. The third-order valence-electron chi connectivity index (χ3n) is 2.81. The number of hydrogen-bond acceptors (Lipinski definition) is 2. The third-order valence-corrected chi connectivity index (χ3v) is 2.81. The Labute approximate surface area is 107 Å². The van der Waals surface area contributed by atoms with E-state index < -0.39 is 23.7 Å². The summed E-state index contributed by atoms with van der Waals surface area (Å²) in [7, 11) is 0. The summed E-state index contributed by atoms with van der Waals surface area (Å²) < 4.78 is 37.5. The SMILES string of the molecule is O=C(N[C@H]1CCNC1=O)c1cccc(C(F)(F)F)c1. The number of nitrogens with one attached hydrogen (secondary N) is 2. The average Bonchev–Trinajstić information content (AvgIpc) is 2.74. The van der Waals surface area contributed by atoms with Crippen LogP contribution in [-0.4, -0.2) is 24.4 Å². The monoisotopic (exact) mass is 272 g/mol. The molecule has 1 aliphatic rings. The average molecular weight is 272 g/mol. The summed E-state index contributed by atoms with van der Waals surface area (Å²) >= 11 is 0. The van der Waals surface area contributed by atoms with Crippen molar-refractivity contribution in [3.05, 3.63) is 35.4 Å². The van der Waals surface area contributed by atoms with E-state index in [0.717, 1.165) is 18.2 Å². The van der Waals surface area contributed by atoms with Crippen molar-refractivity contribution in [1.82, 2.24) is 10.6 Å². The van der Waals surface area contributed by atoms with Crippen LogP contribution in [0, 0.1) is 0 Å². The van der Waals surface area contributed by atoms with Crippen LogP contribution in [0.3, 0.4) is 0 Å². The molecule has 1 saturated heterocycles. The first-order valence-corrected chi connectivity index (χ1v) is 5.64. The summed E-state index contributed by atoms with van der Waals surface area (Å²) in [6.07, 6.45) is -4.06. The van der Waals surface area contributed by atoms with Gasteiger partial charge < -0.3 is 10.6 Å². The summed E-state index contributed by atoms with van der Waals surface area (Å²) in [6, 6.07) is 3.41. The van der Waals surface area contributed by atoms with Crippen LogP contribution in [0.1, 0.15) is 22.3 Å². The van der Waals surface area contributed by atoms with Gasteiger partial charge in [0.2, 0.25) is 5.91 Å². The number of hydrogen-bond donors (Lipinski definition) is 2. The number of halogens is 3. The molecule has 2 rings (SSSR count). The topological polar surface area (TPSA) is 58.2 Å². The molecule has 1 fully saturated rings. The third kappa shape index (κ3) is 3.04. The van der Waals surface area contributed by atoms with Crippen molar-refractivity contribution in [3.63, 3.8) is 0 Å². The summed E-state index contributed by atoms with van der Waals surface area (Å²) in [6.45, 7) is 0.451. The molecule has 0 bridgehead atoms. The lowest BCUT2D eigenvalue weighted by Crippen LogP contribution is -2.40. The highest BCUT2D eigenvalue weighted by molar-refractivity contribution is 5.98. The zero-order valence-electron chi connectivity index (χ0n) is 9.75. The van der Waals surface area contributed by atoms with Gasteiger partial charge >= 0.3 is 6.18 Å². The highest BCUT2D eigenvalue weighted by Crippen LogP contribution is 2.29. The Kier molecular flexibility index (Phi) is 3.46. The standard InChI is InChI=1S/C12H11F3N2O2/c13-12(14,15)8-3-1-2-7(6-8)10(18)17-9-4-5-16-11(9)19/h1-3,6,9H,4-5H2,(H,16,19)(H,17,18)/t9-/m0/s1. The van der Waals surface area contributed by atoms with E-state index in [2.05, 4.69) is 10.6 Å². The van der Waals surface area contributed by atoms with Gasteiger partial charge in [-0.25, -0.2) is 0 Å². The molecule has 7 heteroatoms. The van der Waals surface area contributed by atoms with Gasteiger partial charge in [0.1, 0.15) is 6.04 Å². The van der Waals surface area contributed by atoms with Gasteiger partial charge in [-0.1, -0.05) is 6.07 Å². The first-order valence-electron chi connectivity index (χ1n) is 5.64. The van der Waals surface area contributed by atoms with E-state index in [1.165, 1.54) is 6.07 Å². The molecule has 0 aromatic heterocycles. The Bertz CT molecular complexity index is 514. The summed E-state index contributed by atoms with van der Waals surface area (Å²) in [5, 5.41) is 4.93. The maximum absolute atomic E-state index is 12.5. The van der Waals surface area contributed by atoms with Crippen molar-refractivity contribution in [2.24, 2.45) is 0 Å². The fourth-order valence-electron chi connectivity index (χ4n) is 1.81. The minimum absolute atomic E-state index is 0.116. The van der Waals surface area contributed by atoms with Gasteiger partial charge in [0, 0.05) is 12.1 Å². The van der Waals surface area contributed by atoms with E-state index in [1.54, 1.807) is 0 Å². The zero-order chi connectivity index (χ0) is 14.0. The maximum atomic E-state index is 12.5. The van der Waals surface area contributed by atoms with Gasteiger partial charge in [0.15, 0.2) is 0 Å². The van der Waals surface area contributed by atoms with Crippen LogP contribution in [0.15, 0.2) is 24.3 Å². The smallest absolute Gasteiger partial charge is 0.354 e. The van der Waals surface area contributed by atoms with Gasteiger partial charge in [-0.2, -0.15) is 13.2 Å². The zero-order valence-corrected chi connectivity index (χ0v) is 9.75. The van der Waals surface area contributed by atoms with E-state index >= 15 is 0 Å². The lowest BCUT2D eigenvalue weighted by Gasteiger charge is -2.11. The molecule has 4 nitrogen and oxygen atoms in total. The second-order valence-electron chi connectivity index (χ2n) is 4.18. The Morgan fingerprint density at radius 3 is 2.68 bits per heavy atom. The quantitative estimate of drug-likeness (QED) is 0.853. The molecule has 1 aromatic rings. The molecule has 2 N–H and O–H groups in total. The second kappa shape index (κ2) is 4.91. The summed E-state index contributed by atoms with van der Waals surface area (Å²) in [4.78, 5) is 23.0. The number of alkyl halides is 3. The van der Waals surface area contributed by atoms with Crippen LogP contribution in [0.2, 0.25) is 0 Å². The van der Waals surface area contributed by atoms with Crippen molar-refractivity contribution in [3.8, 4) is 0 Å². The van der Waals surface area contributed by atoms with Gasteiger partial charge in [0.25, 0.3) is 5.91 Å². The number of carbonyl (C=O) groups is 2. The van der Waals surface area contributed by atoms with Crippen LogP contribution in [0.25, 0.3) is 0 Å². The molecule has 2 amide bonds. The van der Waals surface area contributed by atoms with Crippen molar-refractivity contribution in [2.45, 2.75) is 18.6 Å². The minimum Gasteiger partial charge on any atom is -0.354 e. The van der Waals surface area contributed by atoms with Crippen molar-refractivity contribution in [1.29, 1.82) is 0 Å². The minimum atomic E-state index is -4.50. The molecule has 0 spiro atoms. The van der Waals surface area contributed by atoms with Gasteiger partial charge in [-0.3, -0.25) is 9.59 Å². The second-order valence-corrected chi connectivity index (χ2v) is 4.18. The molecule has 19 heavy (non-hydrogen) atoms. The highest BCUT2D eigenvalue weighted by Gasteiger charge is 2.31. The van der Waals surface area contributed by atoms with E-state index in [9.17, 15) is 22.8 Å². The van der Waals surface area contributed by atoms with Crippen LogP contribution in [0.4, 0.5) is 13.2 Å². The van der Waals surface area contributed by atoms with Crippen LogP contribution in [0.5, 0.6) is 0 Å². The highest BCUT2D eigenvalue weighted by atomic mass is 19.4. The number of amides is 2. The molecule has 102 valence electrons. The van der Waals surface area contributed by atoms with E-state index in [-0.39, 0.29) is 11.5 Å². The lowest BCUT2D eigenvalue weighted by atomic mass is 10.1. The Morgan fingerprint density at radius 1 is 1.37 bits per heavy atom. The predicted octanol–water partition coefficient (Wildman–Crippen LogP) is 1.32. The lowest BCUT2D eigenvalue weighted by molar-refractivity contribution is -0.137. The molecule has 1 aromatic carbocycles. The molecular weight excluding hydrogens is 261 g/mol. The van der Waals surface area contributed by atoms with Gasteiger partial charge in [-0.15, -0.1) is 0 Å². The molecular formula is C12H11F3N2O2. The number of rotatable bonds is 2. The molecule has 0 aliphatic carbocycles. The molecule has 1 aliphatic heterocycles. The molecule has 0 unspecified atom stereocenters. The Balaban J connectivity index is 2.13. The maximum Gasteiger partial charge on any atom is 0.416 e. The molecule has 1 atom stereocenters. The Morgan fingerprint density at radius 2 is 2.11 bits per heavy atom. The first kappa shape index (κ1) is 13.4. The molecule has 1 heterocycles. The fourth-order valence-corrected chi connectivity index (χ4v) is 1.81. The number of carbonyl (C=O) groups excluding carboxylic acids is 2. The number of benzene rings is 1. The van der Waals surface area contributed by atoms with E-state index in [1.807, 2.05) is 0 Å². The largest absolute Gasteiger partial charge is 0.416 e. The fraction of sp³-hybridized carbons (Fsp3) is 0.333. The summed E-state index contributed by atoms with van der Waals surface area (Å²) in [5.74, 6) is -1.01. The molecule has 0 saturated carbocycles. The summed E-state index contributed by atoms with van der Waals surface area (Å²) in [5.41, 5.74) is -1.01. The van der Waals surface area contributed by atoms with Gasteiger partial charge in [0.05, 0.1) is 5.56 Å². The molecule has 0 radical (unpaired) electrons. The van der Waals surface area contributed by atoms with Crippen LogP contribution in [-0.2, 0) is 11.0 Å². The van der Waals surface area contributed by atoms with Crippen molar-refractivity contribution >= 4 is 11.8 Å². The van der Waals surface area contributed by atoms with Crippen LogP contribution < -0.4 is 10.6 Å². The van der Waals surface area contributed by atoms with Crippen molar-refractivity contribution < 1.29 is 22.8 Å². The predicted molar refractivity (Wildman–Crippen MR) is 60.3 cm³/mol.